The average molecular weight is 597 g/mol. The van der Waals surface area contributed by atoms with E-state index in [0.717, 1.165) is 36.5 Å². The lowest BCUT2D eigenvalue weighted by Crippen LogP contribution is -2.47. The van der Waals surface area contributed by atoms with Crippen LogP contribution in [0.1, 0.15) is 0 Å². The van der Waals surface area contributed by atoms with E-state index in [0.29, 0.717) is 0 Å². The van der Waals surface area contributed by atoms with Crippen molar-refractivity contribution in [3.63, 3.8) is 0 Å². The van der Waals surface area contributed by atoms with Gasteiger partial charge in [0.2, 0.25) is 0 Å². The fourth-order valence-electron chi connectivity index (χ4n) is 2.68. The second-order valence-corrected chi connectivity index (χ2v) is 8.36. The highest BCUT2D eigenvalue weighted by atomic mass is 16.6. The zero-order valence-electron chi connectivity index (χ0n) is 23.2. The summed E-state index contributed by atoms with van der Waals surface area (Å²) < 4.78 is 36.7. The summed E-state index contributed by atoms with van der Waals surface area (Å²) in [6.45, 7) is 16.1. The SMILES string of the molecule is C=CC(=O)OCC(COCC(COC(=O)C=C)(COC(=O)C=C)COC(=O)C=C)(COC(=O)C=C)COC(=O)C=C.O. The molecule has 0 aromatic carbocycles. The van der Waals surface area contributed by atoms with Gasteiger partial charge >= 0.3 is 35.8 Å². The zero-order chi connectivity index (χ0) is 31.3. The maximum absolute atomic E-state index is 11.8. The predicted octanol–water partition coefficient (Wildman–Crippen LogP) is 0.526. The molecular weight excluding hydrogens is 560 g/mol. The van der Waals surface area contributed by atoms with Crippen LogP contribution in [-0.4, -0.2) is 94.1 Å². The van der Waals surface area contributed by atoms with Crippen LogP contribution in [0.25, 0.3) is 0 Å². The number of hydrogen-bond acceptors (Lipinski definition) is 13. The van der Waals surface area contributed by atoms with Crippen molar-refractivity contribution in [2.75, 3.05) is 52.9 Å². The van der Waals surface area contributed by atoms with E-state index in [9.17, 15) is 28.8 Å². The molecule has 0 aliphatic carbocycles. The first-order chi connectivity index (χ1) is 19.4. The molecule has 0 spiro atoms. The minimum Gasteiger partial charge on any atom is -0.462 e. The predicted molar refractivity (Wildman–Crippen MR) is 146 cm³/mol. The molecule has 2 N–H and O–H groups in total. The molecule has 0 aliphatic heterocycles. The minimum atomic E-state index is -1.49. The van der Waals surface area contributed by atoms with Gasteiger partial charge in [-0.3, -0.25) is 0 Å². The van der Waals surface area contributed by atoms with Crippen molar-refractivity contribution in [1.82, 2.24) is 0 Å². The van der Waals surface area contributed by atoms with E-state index in [1.165, 1.54) is 0 Å². The normalized spacial score (nSPS) is 10.3. The van der Waals surface area contributed by atoms with Crippen molar-refractivity contribution in [2.24, 2.45) is 10.8 Å². The number of carbonyl (C=O) groups is 6. The summed E-state index contributed by atoms with van der Waals surface area (Å²) >= 11 is 0. The van der Waals surface area contributed by atoms with E-state index < -0.39 is 99.5 Å². The van der Waals surface area contributed by atoms with Crippen molar-refractivity contribution in [3.8, 4) is 0 Å². The summed E-state index contributed by atoms with van der Waals surface area (Å²) in [5.74, 6) is -5.01. The monoisotopic (exact) mass is 596 g/mol. The van der Waals surface area contributed by atoms with Crippen LogP contribution in [0.2, 0.25) is 0 Å². The van der Waals surface area contributed by atoms with Crippen molar-refractivity contribution in [1.29, 1.82) is 0 Å². The lowest BCUT2D eigenvalue weighted by molar-refractivity contribution is -0.169. The number of hydrogen-bond donors (Lipinski definition) is 0. The van der Waals surface area contributed by atoms with E-state index in [1.807, 2.05) is 0 Å². The fraction of sp³-hybridized carbons (Fsp3) is 0.357. The molecule has 0 aliphatic rings. The maximum Gasteiger partial charge on any atom is 0.330 e. The highest BCUT2D eigenvalue weighted by molar-refractivity contribution is 5.83. The lowest BCUT2D eigenvalue weighted by Gasteiger charge is -2.35. The Morgan fingerprint density at radius 1 is 0.381 bits per heavy atom. The molecule has 0 atom stereocenters. The third-order valence-electron chi connectivity index (χ3n) is 4.94. The molecule has 0 saturated carbocycles. The average Bonchev–Trinajstić information content (AvgIpc) is 3.00. The molecule has 0 heterocycles. The number of ether oxygens (including phenoxy) is 7. The molecule has 0 bridgehead atoms. The quantitative estimate of drug-likeness (QED) is 0.0953. The van der Waals surface area contributed by atoms with Gasteiger partial charge in [0, 0.05) is 36.5 Å². The van der Waals surface area contributed by atoms with Gasteiger partial charge in [-0.25, -0.2) is 28.8 Å². The topological polar surface area (TPSA) is 199 Å². The van der Waals surface area contributed by atoms with Gasteiger partial charge in [0.05, 0.1) is 24.0 Å². The lowest BCUT2D eigenvalue weighted by atomic mass is 9.90. The molecule has 232 valence electrons. The molecule has 0 amide bonds. The molecule has 14 heteroatoms. The molecule has 14 nitrogen and oxygen atoms in total. The standard InChI is InChI=1S/C28H34O13.H2O/c1-7-21(29)36-15-27(16-37-22(30)8-2,17-38-23(31)9-3)13-35-14-28(18-39-24(32)10-4,19-40-25(33)11-5)20-41-26(34)12-6;/h7-12H,1-6,13-20H2;1H2. The Hall–Kier alpha value is -4.82. The number of rotatable bonds is 22. The van der Waals surface area contributed by atoms with Crippen LogP contribution in [0.4, 0.5) is 0 Å². The van der Waals surface area contributed by atoms with Gasteiger partial charge in [-0.2, -0.15) is 0 Å². The second kappa shape index (κ2) is 21.0. The van der Waals surface area contributed by atoms with Crippen LogP contribution >= 0.6 is 0 Å². The Bertz CT molecular complexity index is 826. The smallest absolute Gasteiger partial charge is 0.330 e. The van der Waals surface area contributed by atoms with Crippen LogP contribution in [0, 0.1) is 10.8 Å². The largest absolute Gasteiger partial charge is 0.462 e. The van der Waals surface area contributed by atoms with E-state index in [1.54, 1.807) is 0 Å². The first kappa shape index (κ1) is 39.3. The van der Waals surface area contributed by atoms with Crippen LogP contribution in [0.5, 0.6) is 0 Å². The van der Waals surface area contributed by atoms with Gasteiger partial charge in [0.1, 0.15) is 39.6 Å². The van der Waals surface area contributed by atoms with Crippen LogP contribution in [0.3, 0.4) is 0 Å². The molecule has 0 rings (SSSR count). The van der Waals surface area contributed by atoms with Gasteiger partial charge in [0.15, 0.2) is 0 Å². The number of esters is 6. The van der Waals surface area contributed by atoms with Gasteiger partial charge in [-0.1, -0.05) is 39.5 Å². The molecule has 42 heavy (non-hydrogen) atoms. The van der Waals surface area contributed by atoms with Crippen LogP contribution in [-0.2, 0) is 61.9 Å². The van der Waals surface area contributed by atoms with Gasteiger partial charge in [-0.15, -0.1) is 0 Å². The molecule has 0 fully saturated rings. The first-order valence-corrected chi connectivity index (χ1v) is 11.8. The third-order valence-corrected chi connectivity index (χ3v) is 4.94. The van der Waals surface area contributed by atoms with E-state index in [4.69, 9.17) is 33.2 Å². The summed E-state index contributed by atoms with van der Waals surface area (Å²) in [4.78, 5) is 70.9. The van der Waals surface area contributed by atoms with Gasteiger partial charge < -0.3 is 38.6 Å². The Morgan fingerprint density at radius 3 is 0.690 bits per heavy atom. The molecular formula is C28H36O14. The Balaban J connectivity index is 0. The Kier molecular flexibility index (Phi) is 19.7. The Morgan fingerprint density at radius 2 is 0.548 bits per heavy atom. The fourth-order valence-corrected chi connectivity index (χ4v) is 2.68. The third kappa shape index (κ3) is 15.7. The van der Waals surface area contributed by atoms with Crippen molar-refractivity contribution in [3.05, 3.63) is 75.9 Å². The van der Waals surface area contributed by atoms with E-state index in [2.05, 4.69) is 39.5 Å². The van der Waals surface area contributed by atoms with E-state index in [-0.39, 0.29) is 5.48 Å². The van der Waals surface area contributed by atoms with Gasteiger partial charge in [0.25, 0.3) is 0 Å². The molecule has 0 aromatic rings. The van der Waals surface area contributed by atoms with Crippen LogP contribution in [0.15, 0.2) is 75.9 Å². The summed E-state index contributed by atoms with van der Waals surface area (Å²) in [7, 11) is 0. The molecule has 0 radical (unpaired) electrons. The zero-order valence-corrected chi connectivity index (χ0v) is 23.2. The van der Waals surface area contributed by atoms with Crippen molar-refractivity contribution < 1.29 is 67.4 Å². The summed E-state index contributed by atoms with van der Waals surface area (Å²) in [5.41, 5.74) is -2.98. The maximum atomic E-state index is 11.8. The second-order valence-electron chi connectivity index (χ2n) is 8.36. The number of carbonyl (C=O) groups excluding carboxylic acids is 6. The summed E-state index contributed by atoms with van der Waals surface area (Å²) in [6, 6.07) is 0. The Labute approximate surface area is 243 Å². The minimum absolute atomic E-state index is 0. The molecule has 0 unspecified atom stereocenters. The summed E-state index contributed by atoms with van der Waals surface area (Å²) in [5, 5.41) is 0. The van der Waals surface area contributed by atoms with E-state index >= 15 is 0 Å². The van der Waals surface area contributed by atoms with Crippen molar-refractivity contribution in [2.45, 2.75) is 0 Å². The van der Waals surface area contributed by atoms with Gasteiger partial charge in [-0.05, 0) is 0 Å². The van der Waals surface area contributed by atoms with Crippen LogP contribution < -0.4 is 0 Å². The van der Waals surface area contributed by atoms with Crippen molar-refractivity contribution >= 4 is 35.8 Å². The highest BCUT2D eigenvalue weighted by Crippen LogP contribution is 2.26. The molecule has 0 saturated heterocycles. The summed E-state index contributed by atoms with van der Waals surface area (Å²) in [6.07, 6.45) is 5.32. The first-order valence-electron chi connectivity index (χ1n) is 11.8. The highest BCUT2D eigenvalue weighted by Gasteiger charge is 2.40. The molecule has 0 aromatic heterocycles.